The highest BCUT2D eigenvalue weighted by Crippen LogP contribution is 2.30. The molecule has 1 aliphatic heterocycles. The number of carbonyl (C=O) groups is 2. The van der Waals surface area contributed by atoms with E-state index >= 15 is 0 Å². The van der Waals surface area contributed by atoms with Crippen LogP contribution in [0.15, 0.2) is 23.0 Å². The molecule has 1 aromatic heterocycles. The Balaban J connectivity index is 2.02. The zero-order valence-electron chi connectivity index (χ0n) is 12.0. The van der Waals surface area contributed by atoms with Crippen molar-refractivity contribution in [3.63, 3.8) is 0 Å². The van der Waals surface area contributed by atoms with Gasteiger partial charge in [-0.15, -0.1) is 0 Å². The number of carbonyl (C=O) groups excluding carboxylic acids is 2. The highest BCUT2D eigenvalue weighted by molar-refractivity contribution is 6.36. The summed E-state index contributed by atoms with van der Waals surface area (Å²) in [5, 5.41) is 6.06. The first-order valence-corrected chi connectivity index (χ1v) is 7.56. The van der Waals surface area contributed by atoms with E-state index in [1.54, 1.807) is 12.1 Å². The summed E-state index contributed by atoms with van der Waals surface area (Å²) in [7, 11) is 0. The zero-order chi connectivity index (χ0) is 17.4. The Morgan fingerprint density at radius 2 is 2.08 bits per heavy atom. The first-order valence-electron chi connectivity index (χ1n) is 6.80. The number of benzene rings is 1. The minimum absolute atomic E-state index is 0.00798. The Kier molecular flexibility index (Phi) is 4.16. The normalized spacial score (nSPS) is 16.2. The van der Waals surface area contributed by atoms with Crippen molar-refractivity contribution < 1.29 is 9.59 Å². The van der Waals surface area contributed by atoms with Gasteiger partial charge in [-0.3, -0.25) is 19.4 Å². The maximum Gasteiger partial charge on any atom is 0.258 e. The molecule has 0 fully saturated rings. The van der Waals surface area contributed by atoms with Crippen LogP contribution < -0.4 is 21.9 Å². The standard InChI is InChI=1S/C14H11Cl2N5O3/c15-5-1-2-8(7(16)3-5)18-14-20-12-10(13(24)21-14)6(11(17)23)4-9(22)19-12/h1-3,6H,4H2,(H2,17,23)(H3,18,19,20,21,22,24)/t6-/m1/s1. The first kappa shape index (κ1) is 16.3. The molecule has 3 rings (SSSR count). The lowest BCUT2D eigenvalue weighted by Crippen LogP contribution is -2.36. The van der Waals surface area contributed by atoms with Crippen molar-refractivity contribution in [1.29, 1.82) is 0 Å². The van der Waals surface area contributed by atoms with E-state index in [1.807, 2.05) is 0 Å². The van der Waals surface area contributed by atoms with E-state index in [2.05, 4.69) is 20.6 Å². The predicted molar refractivity (Wildman–Crippen MR) is 89.8 cm³/mol. The molecule has 0 radical (unpaired) electrons. The number of nitrogens with zero attached hydrogens (tertiary/aromatic N) is 1. The number of hydrogen-bond donors (Lipinski definition) is 4. The monoisotopic (exact) mass is 367 g/mol. The summed E-state index contributed by atoms with van der Waals surface area (Å²) in [6.45, 7) is 0. The van der Waals surface area contributed by atoms with Crippen molar-refractivity contribution >= 4 is 52.5 Å². The molecule has 2 aromatic rings. The molecule has 0 aliphatic carbocycles. The summed E-state index contributed by atoms with van der Waals surface area (Å²) in [5.74, 6) is -2.18. The smallest absolute Gasteiger partial charge is 0.258 e. The zero-order valence-corrected chi connectivity index (χ0v) is 13.5. The van der Waals surface area contributed by atoms with Crippen LogP contribution in [0.4, 0.5) is 17.5 Å². The summed E-state index contributed by atoms with van der Waals surface area (Å²) >= 11 is 11.9. The number of rotatable bonds is 3. The van der Waals surface area contributed by atoms with Crippen LogP contribution in [0.1, 0.15) is 17.9 Å². The highest BCUT2D eigenvalue weighted by Gasteiger charge is 2.33. The summed E-state index contributed by atoms with van der Waals surface area (Å²) in [6.07, 6.45) is -0.192. The van der Waals surface area contributed by atoms with Crippen LogP contribution in [0.3, 0.4) is 0 Å². The van der Waals surface area contributed by atoms with E-state index in [4.69, 9.17) is 28.9 Å². The van der Waals surface area contributed by atoms with Gasteiger partial charge >= 0.3 is 0 Å². The van der Waals surface area contributed by atoms with Gasteiger partial charge in [-0.05, 0) is 18.2 Å². The molecule has 124 valence electrons. The van der Waals surface area contributed by atoms with Crippen LogP contribution in [0, 0.1) is 0 Å². The molecule has 1 aromatic carbocycles. The van der Waals surface area contributed by atoms with E-state index in [9.17, 15) is 14.4 Å². The Morgan fingerprint density at radius 3 is 2.75 bits per heavy atom. The maximum atomic E-state index is 12.3. The van der Waals surface area contributed by atoms with Crippen molar-refractivity contribution in [2.45, 2.75) is 12.3 Å². The van der Waals surface area contributed by atoms with Crippen LogP contribution in [0.5, 0.6) is 0 Å². The molecule has 1 aliphatic rings. The number of aromatic amines is 1. The third kappa shape index (κ3) is 3.06. The number of anilines is 3. The molecule has 10 heteroatoms. The van der Waals surface area contributed by atoms with Gasteiger partial charge in [0.15, 0.2) is 0 Å². The number of aromatic nitrogens is 2. The second kappa shape index (κ2) is 6.14. The van der Waals surface area contributed by atoms with Crippen LogP contribution in [0.25, 0.3) is 0 Å². The third-order valence-corrected chi connectivity index (χ3v) is 4.03. The minimum Gasteiger partial charge on any atom is -0.369 e. The van der Waals surface area contributed by atoms with E-state index < -0.39 is 23.3 Å². The number of halogens is 2. The van der Waals surface area contributed by atoms with Gasteiger partial charge in [-0.2, -0.15) is 4.98 Å². The van der Waals surface area contributed by atoms with E-state index in [1.165, 1.54) is 6.07 Å². The van der Waals surface area contributed by atoms with Crippen molar-refractivity contribution in [3.8, 4) is 0 Å². The molecule has 0 saturated carbocycles. The van der Waals surface area contributed by atoms with Gasteiger partial charge in [0.1, 0.15) is 5.82 Å². The van der Waals surface area contributed by atoms with Crippen LogP contribution in [-0.2, 0) is 9.59 Å². The van der Waals surface area contributed by atoms with Gasteiger partial charge in [0.2, 0.25) is 17.8 Å². The molecule has 0 unspecified atom stereocenters. The molecule has 2 amide bonds. The first-order chi connectivity index (χ1) is 11.3. The number of H-pyrrole nitrogens is 1. The number of nitrogens with one attached hydrogen (secondary N) is 3. The quantitative estimate of drug-likeness (QED) is 0.656. The molecule has 5 N–H and O–H groups in total. The number of hydrogen-bond acceptors (Lipinski definition) is 5. The van der Waals surface area contributed by atoms with Gasteiger partial charge in [-0.1, -0.05) is 23.2 Å². The Hall–Kier alpha value is -2.58. The average molecular weight is 368 g/mol. The third-order valence-electron chi connectivity index (χ3n) is 3.48. The molecule has 24 heavy (non-hydrogen) atoms. The lowest BCUT2D eigenvalue weighted by molar-refractivity contribution is -0.124. The van der Waals surface area contributed by atoms with Gasteiger partial charge in [0.05, 0.1) is 22.2 Å². The summed E-state index contributed by atoms with van der Waals surface area (Å²) in [5.41, 5.74) is 5.18. The lowest BCUT2D eigenvalue weighted by atomic mass is 9.93. The van der Waals surface area contributed by atoms with Gasteiger partial charge in [0, 0.05) is 11.4 Å². The van der Waals surface area contributed by atoms with Gasteiger partial charge in [-0.25, -0.2) is 0 Å². The summed E-state index contributed by atoms with van der Waals surface area (Å²) in [6, 6.07) is 4.74. The molecule has 0 saturated heterocycles. The number of fused-ring (bicyclic) bond motifs is 1. The van der Waals surface area contributed by atoms with Crippen LogP contribution >= 0.6 is 23.2 Å². The Labute approximate surface area is 145 Å². The number of nitrogens with two attached hydrogens (primary N) is 1. The molecular formula is C14H11Cl2N5O3. The summed E-state index contributed by atoms with van der Waals surface area (Å²) < 4.78 is 0. The van der Waals surface area contributed by atoms with Crippen molar-refractivity contribution in [3.05, 3.63) is 44.2 Å². The van der Waals surface area contributed by atoms with Crippen LogP contribution in [-0.4, -0.2) is 21.8 Å². The van der Waals surface area contributed by atoms with Gasteiger partial charge < -0.3 is 16.4 Å². The highest BCUT2D eigenvalue weighted by atomic mass is 35.5. The molecule has 0 spiro atoms. The topological polar surface area (TPSA) is 130 Å². The Bertz CT molecular complexity index is 912. The largest absolute Gasteiger partial charge is 0.369 e. The molecule has 2 heterocycles. The maximum absolute atomic E-state index is 12.3. The lowest BCUT2D eigenvalue weighted by Gasteiger charge is -2.22. The average Bonchev–Trinajstić information content (AvgIpc) is 2.48. The van der Waals surface area contributed by atoms with Crippen molar-refractivity contribution in [1.82, 2.24) is 9.97 Å². The molecule has 1 atom stereocenters. The molecule has 8 nitrogen and oxygen atoms in total. The predicted octanol–water partition coefficient (Wildman–Crippen LogP) is 1.73. The van der Waals surface area contributed by atoms with Crippen molar-refractivity contribution in [2.24, 2.45) is 5.73 Å². The fraction of sp³-hybridized carbons (Fsp3) is 0.143. The van der Waals surface area contributed by atoms with Crippen LogP contribution in [0.2, 0.25) is 10.0 Å². The SMILES string of the molecule is NC(=O)[C@@H]1CC(=O)Nc2nc(Nc3ccc(Cl)cc3Cl)[nH]c(=O)c21. The fourth-order valence-corrected chi connectivity index (χ4v) is 2.85. The van der Waals surface area contributed by atoms with E-state index in [0.29, 0.717) is 15.7 Å². The number of amides is 2. The molecular weight excluding hydrogens is 357 g/mol. The second-order valence-corrected chi connectivity index (χ2v) is 5.98. The Morgan fingerprint density at radius 1 is 1.33 bits per heavy atom. The fourth-order valence-electron chi connectivity index (χ4n) is 2.39. The molecule has 0 bridgehead atoms. The summed E-state index contributed by atoms with van der Waals surface area (Å²) in [4.78, 5) is 42.1. The minimum atomic E-state index is -1.02. The van der Waals surface area contributed by atoms with E-state index in [-0.39, 0.29) is 23.8 Å². The van der Waals surface area contributed by atoms with E-state index in [0.717, 1.165) is 0 Å². The number of primary amides is 1. The van der Waals surface area contributed by atoms with Gasteiger partial charge in [0.25, 0.3) is 5.56 Å². The van der Waals surface area contributed by atoms with Crippen molar-refractivity contribution in [2.75, 3.05) is 10.6 Å². The second-order valence-electron chi connectivity index (χ2n) is 5.13.